The Bertz CT molecular complexity index is 1320. The number of aromatic nitrogens is 2. The van der Waals surface area contributed by atoms with Gasteiger partial charge in [0.05, 0.1) is 37.3 Å². The minimum absolute atomic E-state index is 0.136. The predicted octanol–water partition coefficient (Wildman–Crippen LogP) is 4.55. The maximum absolute atomic E-state index is 13.2. The van der Waals surface area contributed by atoms with Crippen LogP contribution >= 0.6 is 0 Å². The van der Waals surface area contributed by atoms with Gasteiger partial charge in [-0.05, 0) is 73.4 Å². The highest BCUT2D eigenvalue weighted by molar-refractivity contribution is 6.03. The fourth-order valence-corrected chi connectivity index (χ4v) is 4.60. The van der Waals surface area contributed by atoms with E-state index >= 15 is 0 Å². The molecule has 1 aromatic heterocycles. The number of imidazole rings is 1. The number of hydrogen-bond donors (Lipinski definition) is 1. The van der Waals surface area contributed by atoms with E-state index in [4.69, 9.17) is 9.57 Å². The van der Waals surface area contributed by atoms with Crippen LogP contribution in [-0.2, 0) is 9.63 Å². The first-order valence-electron chi connectivity index (χ1n) is 11.9. The van der Waals surface area contributed by atoms with E-state index in [2.05, 4.69) is 26.4 Å². The highest BCUT2D eigenvalue weighted by Gasteiger charge is 2.33. The van der Waals surface area contributed by atoms with Crippen molar-refractivity contribution in [3.8, 4) is 11.4 Å². The third-order valence-corrected chi connectivity index (χ3v) is 6.35. The van der Waals surface area contributed by atoms with Crippen LogP contribution in [0, 0.1) is 12.7 Å². The Balaban J connectivity index is 1.32. The predicted molar refractivity (Wildman–Crippen MR) is 136 cm³/mol. The van der Waals surface area contributed by atoms with Gasteiger partial charge in [0, 0.05) is 18.4 Å². The van der Waals surface area contributed by atoms with Crippen molar-refractivity contribution in [2.45, 2.75) is 32.2 Å². The zero-order chi connectivity index (χ0) is 25.1. The lowest BCUT2D eigenvalue weighted by Crippen LogP contribution is -2.50. The van der Waals surface area contributed by atoms with E-state index in [0.717, 1.165) is 53.5 Å². The van der Waals surface area contributed by atoms with Gasteiger partial charge in [0.15, 0.2) is 5.84 Å². The Morgan fingerprint density at radius 2 is 2.11 bits per heavy atom. The lowest BCUT2D eigenvalue weighted by Gasteiger charge is -2.39. The van der Waals surface area contributed by atoms with Gasteiger partial charge in [0.2, 0.25) is 5.91 Å². The van der Waals surface area contributed by atoms with Crippen molar-refractivity contribution in [2.75, 3.05) is 25.6 Å². The van der Waals surface area contributed by atoms with Crippen molar-refractivity contribution in [1.82, 2.24) is 14.5 Å². The number of fused-ring (bicyclic) bond motifs is 1. The molecule has 0 spiro atoms. The number of nitrogens with zero attached hydrogens (tertiary/aromatic N) is 4. The van der Waals surface area contributed by atoms with Gasteiger partial charge in [-0.25, -0.2) is 9.37 Å². The highest BCUT2D eigenvalue weighted by atomic mass is 19.1. The Kier molecular flexibility index (Phi) is 6.71. The summed E-state index contributed by atoms with van der Waals surface area (Å²) in [6.07, 6.45) is 7.88. The summed E-state index contributed by atoms with van der Waals surface area (Å²) < 4.78 is 20.7. The Labute approximate surface area is 209 Å². The van der Waals surface area contributed by atoms with Crippen LogP contribution in [0.1, 0.15) is 30.5 Å². The molecule has 0 saturated carbocycles. The van der Waals surface area contributed by atoms with Crippen LogP contribution < -0.4 is 10.1 Å². The standard InChI is InChI=1S/C27H28FN5O3/c1-18-15-32(17-29-18)24-10-5-19(13-25(24)35-2)12-20-4-3-11-33-23(16-36-31-27(20)33)14-26(34)30-22-8-6-21(28)7-9-22/h5-10,12-13,15,17,23H,3-4,11,14,16H2,1-2H3,(H,30,34)/t23-/m0/s1. The van der Waals surface area contributed by atoms with E-state index in [0.29, 0.717) is 12.3 Å². The van der Waals surface area contributed by atoms with Crippen LogP contribution in [-0.4, -0.2) is 52.5 Å². The van der Waals surface area contributed by atoms with Crippen molar-refractivity contribution in [1.29, 1.82) is 0 Å². The fourth-order valence-electron chi connectivity index (χ4n) is 4.60. The smallest absolute Gasteiger partial charge is 0.226 e. The minimum Gasteiger partial charge on any atom is -0.495 e. The van der Waals surface area contributed by atoms with Gasteiger partial charge in [-0.1, -0.05) is 11.2 Å². The number of anilines is 1. The van der Waals surface area contributed by atoms with Crippen molar-refractivity contribution < 1.29 is 18.8 Å². The number of ether oxygens (including phenoxy) is 1. The molecule has 1 saturated heterocycles. The number of rotatable bonds is 6. The fraction of sp³-hybridized carbons (Fsp3) is 0.296. The number of carbonyl (C=O) groups excluding carboxylic acids is 1. The molecule has 186 valence electrons. The summed E-state index contributed by atoms with van der Waals surface area (Å²) in [4.78, 5) is 24.7. The number of aryl methyl sites for hydroxylation is 1. The van der Waals surface area contributed by atoms with E-state index in [1.54, 1.807) is 25.6 Å². The molecule has 3 heterocycles. The number of piperidine rings is 1. The van der Waals surface area contributed by atoms with E-state index < -0.39 is 0 Å². The normalized spacial score (nSPS) is 18.3. The summed E-state index contributed by atoms with van der Waals surface area (Å²) in [5.41, 5.74) is 4.45. The summed E-state index contributed by atoms with van der Waals surface area (Å²) in [6, 6.07) is 11.6. The third kappa shape index (κ3) is 5.10. The zero-order valence-corrected chi connectivity index (χ0v) is 20.3. The van der Waals surface area contributed by atoms with E-state index in [-0.39, 0.29) is 24.2 Å². The Hall–Kier alpha value is -4.14. The van der Waals surface area contributed by atoms with Crippen molar-refractivity contribution in [3.05, 3.63) is 77.6 Å². The summed E-state index contributed by atoms with van der Waals surface area (Å²) in [5.74, 6) is 1.01. The molecule has 1 atom stereocenters. The van der Waals surface area contributed by atoms with Crippen LogP contribution in [0.25, 0.3) is 11.8 Å². The number of amidine groups is 1. The topological polar surface area (TPSA) is 81.0 Å². The van der Waals surface area contributed by atoms with Crippen LogP contribution in [0.15, 0.2) is 65.7 Å². The molecule has 3 aromatic rings. The van der Waals surface area contributed by atoms with E-state index in [1.165, 1.54) is 12.1 Å². The third-order valence-electron chi connectivity index (χ3n) is 6.35. The molecule has 2 aliphatic rings. The van der Waals surface area contributed by atoms with Gasteiger partial charge < -0.3 is 24.4 Å². The maximum atomic E-state index is 13.2. The average molecular weight is 490 g/mol. The van der Waals surface area contributed by atoms with E-state index in [9.17, 15) is 9.18 Å². The number of halogens is 1. The number of benzene rings is 2. The second-order valence-corrected chi connectivity index (χ2v) is 8.94. The lowest BCUT2D eigenvalue weighted by molar-refractivity contribution is -0.117. The molecular weight excluding hydrogens is 461 g/mol. The highest BCUT2D eigenvalue weighted by Crippen LogP contribution is 2.30. The van der Waals surface area contributed by atoms with Gasteiger partial charge in [-0.3, -0.25) is 4.79 Å². The molecule has 0 aliphatic carbocycles. The summed E-state index contributed by atoms with van der Waals surface area (Å²) in [6.45, 7) is 3.08. The first-order valence-corrected chi connectivity index (χ1v) is 11.9. The van der Waals surface area contributed by atoms with E-state index in [1.807, 2.05) is 35.9 Å². The number of amides is 1. The second-order valence-electron chi connectivity index (χ2n) is 8.94. The molecule has 2 aliphatic heterocycles. The molecule has 0 radical (unpaired) electrons. The lowest BCUT2D eigenvalue weighted by atomic mass is 9.97. The first-order chi connectivity index (χ1) is 17.5. The quantitative estimate of drug-likeness (QED) is 0.550. The molecular formula is C27H28FN5O3. The SMILES string of the molecule is COc1cc(C=C2CCCN3C2=NOC[C@@H]3CC(=O)Nc2ccc(F)cc2)ccc1-n1cnc(C)c1. The van der Waals surface area contributed by atoms with Gasteiger partial charge in [-0.15, -0.1) is 0 Å². The van der Waals surface area contributed by atoms with Crippen molar-refractivity contribution in [2.24, 2.45) is 5.16 Å². The summed E-state index contributed by atoms with van der Waals surface area (Å²) in [5, 5.41) is 7.18. The molecule has 1 N–H and O–H groups in total. The molecule has 0 unspecified atom stereocenters. The number of nitrogens with one attached hydrogen (secondary N) is 1. The maximum Gasteiger partial charge on any atom is 0.226 e. The zero-order valence-electron chi connectivity index (χ0n) is 20.3. The number of methoxy groups -OCH3 is 1. The van der Waals surface area contributed by atoms with Gasteiger partial charge in [0.25, 0.3) is 0 Å². The molecule has 36 heavy (non-hydrogen) atoms. The number of carbonyl (C=O) groups is 1. The number of oxime groups is 1. The van der Waals surface area contributed by atoms with Crippen LogP contribution in [0.3, 0.4) is 0 Å². The first kappa shape index (κ1) is 23.6. The molecule has 1 fully saturated rings. The van der Waals surface area contributed by atoms with Gasteiger partial charge in [-0.2, -0.15) is 0 Å². The summed E-state index contributed by atoms with van der Waals surface area (Å²) in [7, 11) is 1.66. The van der Waals surface area contributed by atoms with Gasteiger partial charge >= 0.3 is 0 Å². The van der Waals surface area contributed by atoms with Crippen molar-refractivity contribution >= 4 is 23.5 Å². The molecule has 1 amide bonds. The minimum atomic E-state index is -0.341. The molecule has 2 aromatic carbocycles. The largest absolute Gasteiger partial charge is 0.495 e. The monoisotopic (exact) mass is 489 g/mol. The van der Waals surface area contributed by atoms with Crippen LogP contribution in [0.4, 0.5) is 10.1 Å². The molecule has 0 bridgehead atoms. The Morgan fingerprint density at radius 1 is 1.28 bits per heavy atom. The van der Waals surface area contributed by atoms with Gasteiger partial charge in [0.1, 0.15) is 18.2 Å². The second kappa shape index (κ2) is 10.2. The molecule has 8 nitrogen and oxygen atoms in total. The average Bonchev–Trinajstić information content (AvgIpc) is 3.32. The summed E-state index contributed by atoms with van der Waals surface area (Å²) >= 11 is 0. The van der Waals surface area contributed by atoms with Crippen LogP contribution in [0.5, 0.6) is 5.75 Å². The van der Waals surface area contributed by atoms with Crippen molar-refractivity contribution in [3.63, 3.8) is 0 Å². The molecule has 9 heteroatoms. The number of hydrogen-bond acceptors (Lipinski definition) is 6. The van der Waals surface area contributed by atoms with Crippen LogP contribution in [0.2, 0.25) is 0 Å². The molecule has 5 rings (SSSR count). The Morgan fingerprint density at radius 3 is 2.86 bits per heavy atom.